The van der Waals surface area contributed by atoms with E-state index in [-0.39, 0.29) is 18.6 Å². The Morgan fingerprint density at radius 1 is 0.938 bits per heavy atom. The van der Waals surface area contributed by atoms with Crippen molar-refractivity contribution in [3.05, 3.63) is 102 Å². The first kappa shape index (κ1) is 21.6. The second kappa shape index (κ2) is 10.6. The molecular formula is C27H25FN3O+. The number of aliphatic hydroxyl groups is 1. The monoisotopic (exact) mass is 426 g/mol. The molecule has 1 aromatic heterocycles. The van der Waals surface area contributed by atoms with Crippen LogP contribution in [0.3, 0.4) is 0 Å². The van der Waals surface area contributed by atoms with E-state index in [4.69, 9.17) is 10.1 Å². The Bertz CT molecular complexity index is 1160. The number of pyridine rings is 1. The third-order valence-corrected chi connectivity index (χ3v) is 5.30. The predicted octanol–water partition coefficient (Wildman–Crippen LogP) is 3.87. The minimum Gasteiger partial charge on any atom is -0.395 e. The number of rotatable bonds is 7. The highest BCUT2D eigenvalue weighted by Crippen LogP contribution is 2.19. The van der Waals surface area contributed by atoms with Crippen molar-refractivity contribution >= 4 is 11.4 Å². The van der Waals surface area contributed by atoms with E-state index >= 15 is 0 Å². The van der Waals surface area contributed by atoms with Gasteiger partial charge in [-0.3, -0.25) is 4.98 Å². The van der Waals surface area contributed by atoms with Crippen LogP contribution in [-0.2, 0) is 6.42 Å². The van der Waals surface area contributed by atoms with Crippen LogP contribution in [0.4, 0.5) is 4.39 Å². The minimum absolute atomic E-state index is 0.0171. The molecule has 0 bridgehead atoms. The normalized spacial score (nSPS) is 15.3. The van der Waals surface area contributed by atoms with Gasteiger partial charge in [-0.25, -0.2) is 4.39 Å². The third kappa shape index (κ3) is 5.16. The van der Waals surface area contributed by atoms with Crippen molar-refractivity contribution in [1.82, 2.24) is 4.98 Å². The lowest BCUT2D eigenvalue weighted by atomic mass is 10.0. The van der Waals surface area contributed by atoms with Gasteiger partial charge in [0.25, 0.3) is 0 Å². The van der Waals surface area contributed by atoms with Gasteiger partial charge < -0.3 is 5.11 Å². The number of aliphatic imine (C=N–C) groups is 1. The molecule has 1 N–H and O–H groups in total. The number of nitrogens with zero attached hydrogens (tertiary/aromatic N) is 3. The van der Waals surface area contributed by atoms with Crippen molar-refractivity contribution in [3.8, 4) is 11.8 Å². The smallest absolute Gasteiger partial charge is 0.310 e. The first-order valence-electron chi connectivity index (χ1n) is 10.8. The molecule has 0 aliphatic carbocycles. The highest BCUT2D eigenvalue weighted by Gasteiger charge is 2.36. The number of hydrogen-bond donors (Lipinski definition) is 1. The zero-order chi connectivity index (χ0) is 22.2. The van der Waals surface area contributed by atoms with Crippen LogP contribution in [-0.4, -0.2) is 45.4 Å². The Morgan fingerprint density at radius 3 is 2.41 bits per heavy atom. The topological polar surface area (TPSA) is 48.5 Å². The molecule has 0 spiro atoms. The summed E-state index contributed by atoms with van der Waals surface area (Å²) >= 11 is 0. The van der Waals surface area contributed by atoms with Crippen LogP contribution >= 0.6 is 0 Å². The number of aliphatic hydroxyl groups excluding tert-OH is 1. The molecule has 2 aromatic carbocycles. The lowest BCUT2D eigenvalue weighted by Crippen LogP contribution is -2.29. The molecule has 2 heterocycles. The molecule has 4 nitrogen and oxygen atoms in total. The van der Waals surface area contributed by atoms with Crippen molar-refractivity contribution in [2.24, 2.45) is 4.99 Å². The second-order valence-corrected chi connectivity index (χ2v) is 7.52. The lowest BCUT2D eigenvalue weighted by Gasteiger charge is -2.08. The summed E-state index contributed by atoms with van der Waals surface area (Å²) in [5.74, 6) is 5.96. The van der Waals surface area contributed by atoms with Crippen LogP contribution in [0.15, 0.2) is 84.1 Å². The molecule has 3 aromatic rings. The summed E-state index contributed by atoms with van der Waals surface area (Å²) in [7, 11) is 0. The fourth-order valence-corrected chi connectivity index (χ4v) is 3.80. The minimum atomic E-state index is -0.361. The van der Waals surface area contributed by atoms with Gasteiger partial charge in [-0.15, -0.1) is 0 Å². The average molecular weight is 427 g/mol. The number of aromatic nitrogens is 1. The summed E-state index contributed by atoms with van der Waals surface area (Å²) in [6.07, 6.45) is 5.45. The SMILES string of the molecule is OCCC#CC1N=C(c2ccc(F)cc2)C(c2ccncc2)=[N+]1CCCc1ccccc1. The molecular weight excluding hydrogens is 401 g/mol. The van der Waals surface area contributed by atoms with Crippen LogP contribution in [0.5, 0.6) is 0 Å². The van der Waals surface area contributed by atoms with E-state index < -0.39 is 0 Å². The average Bonchev–Trinajstić information content (AvgIpc) is 3.19. The van der Waals surface area contributed by atoms with E-state index in [1.54, 1.807) is 24.5 Å². The summed E-state index contributed by atoms with van der Waals surface area (Å²) < 4.78 is 15.8. The molecule has 0 radical (unpaired) electrons. The molecule has 4 rings (SSSR count). The van der Waals surface area contributed by atoms with Gasteiger partial charge in [-0.1, -0.05) is 36.3 Å². The van der Waals surface area contributed by atoms with Gasteiger partial charge in [0, 0.05) is 30.8 Å². The van der Waals surface area contributed by atoms with Crippen molar-refractivity contribution in [3.63, 3.8) is 0 Å². The van der Waals surface area contributed by atoms with Gasteiger partial charge in [0.2, 0.25) is 5.71 Å². The van der Waals surface area contributed by atoms with Crippen molar-refractivity contribution < 1.29 is 14.1 Å². The molecule has 1 aliphatic rings. The highest BCUT2D eigenvalue weighted by atomic mass is 19.1. The maximum Gasteiger partial charge on any atom is 0.310 e. The summed E-state index contributed by atoms with van der Waals surface area (Å²) in [4.78, 5) is 9.09. The van der Waals surface area contributed by atoms with Gasteiger partial charge in [0.05, 0.1) is 12.2 Å². The van der Waals surface area contributed by atoms with Crippen LogP contribution < -0.4 is 0 Å². The molecule has 5 heteroatoms. The molecule has 1 aliphatic heterocycles. The molecule has 32 heavy (non-hydrogen) atoms. The van der Waals surface area contributed by atoms with Gasteiger partial charge in [-0.05, 0) is 54.3 Å². The quantitative estimate of drug-likeness (QED) is 0.461. The Kier molecular flexibility index (Phi) is 7.16. The van der Waals surface area contributed by atoms with Crippen LogP contribution in [0, 0.1) is 17.7 Å². The van der Waals surface area contributed by atoms with Crippen LogP contribution in [0.2, 0.25) is 0 Å². The van der Waals surface area contributed by atoms with Gasteiger partial charge >= 0.3 is 6.17 Å². The summed E-state index contributed by atoms with van der Waals surface area (Å²) in [5, 5.41) is 9.16. The molecule has 0 fully saturated rings. The van der Waals surface area contributed by atoms with Gasteiger partial charge in [-0.2, -0.15) is 9.57 Å². The summed E-state index contributed by atoms with van der Waals surface area (Å²) in [5.41, 5.74) is 4.89. The van der Waals surface area contributed by atoms with Crippen LogP contribution in [0.1, 0.15) is 29.5 Å². The molecule has 1 atom stereocenters. The molecule has 0 saturated carbocycles. The molecule has 0 amide bonds. The Balaban J connectivity index is 1.73. The maximum atomic E-state index is 13.6. The van der Waals surface area contributed by atoms with E-state index in [0.29, 0.717) is 6.42 Å². The standard InChI is InChI=1S/C27H25FN3O/c28-24-13-11-22(12-14-24)26-27(23-15-17-29-18-16-23)31(25(30-26)10-4-5-20-32)19-6-9-21-7-2-1-3-8-21/h1-3,7-8,11-18,25,32H,5-6,9,19-20H2/q+1. The van der Waals surface area contributed by atoms with Gasteiger partial charge in [0.15, 0.2) is 0 Å². The van der Waals surface area contributed by atoms with Crippen molar-refractivity contribution in [2.45, 2.75) is 25.4 Å². The van der Waals surface area contributed by atoms with E-state index in [1.807, 2.05) is 18.2 Å². The Hall–Kier alpha value is -3.62. The lowest BCUT2D eigenvalue weighted by molar-refractivity contribution is -0.545. The fourth-order valence-electron chi connectivity index (χ4n) is 3.80. The summed E-state index contributed by atoms with van der Waals surface area (Å²) in [6.45, 7) is 0.780. The summed E-state index contributed by atoms with van der Waals surface area (Å²) in [6, 6.07) is 20.7. The first-order valence-corrected chi connectivity index (χ1v) is 10.8. The van der Waals surface area contributed by atoms with E-state index in [9.17, 15) is 4.39 Å². The Morgan fingerprint density at radius 2 is 1.69 bits per heavy atom. The molecule has 160 valence electrons. The van der Waals surface area contributed by atoms with Crippen molar-refractivity contribution in [2.75, 3.05) is 13.2 Å². The molecule has 0 saturated heterocycles. The number of hydrogen-bond acceptors (Lipinski definition) is 3. The third-order valence-electron chi connectivity index (χ3n) is 5.30. The highest BCUT2D eigenvalue weighted by molar-refractivity contribution is 6.52. The first-order chi connectivity index (χ1) is 15.8. The zero-order valence-corrected chi connectivity index (χ0v) is 17.8. The van der Waals surface area contributed by atoms with E-state index in [0.717, 1.165) is 41.9 Å². The van der Waals surface area contributed by atoms with E-state index in [1.165, 1.54) is 17.7 Å². The van der Waals surface area contributed by atoms with Gasteiger partial charge in [0.1, 0.15) is 18.1 Å². The maximum absolute atomic E-state index is 13.6. The second-order valence-electron chi connectivity index (χ2n) is 7.52. The zero-order valence-electron chi connectivity index (χ0n) is 17.8. The fraction of sp³-hybridized carbons (Fsp3) is 0.222. The number of aryl methyl sites for hydroxylation is 1. The Labute approximate surface area is 187 Å². The number of halogens is 1. The predicted molar refractivity (Wildman–Crippen MR) is 124 cm³/mol. The number of benzene rings is 2. The van der Waals surface area contributed by atoms with E-state index in [2.05, 4.69) is 45.7 Å². The largest absolute Gasteiger partial charge is 0.395 e. The van der Waals surface area contributed by atoms with Crippen molar-refractivity contribution in [1.29, 1.82) is 0 Å². The molecule has 1 unspecified atom stereocenters. The van der Waals surface area contributed by atoms with Crippen LogP contribution in [0.25, 0.3) is 0 Å².